The van der Waals surface area contributed by atoms with Crippen molar-refractivity contribution in [3.63, 3.8) is 0 Å². The SMILES string of the molecule is C=CC.c1cnnnc1. The van der Waals surface area contributed by atoms with Crippen molar-refractivity contribution in [3.8, 4) is 0 Å². The van der Waals surface area contributed by atoms with Gasteiger partial charge in [0.05, 0.1) is 12.4 Å². The Morgan fingerprint density at radius 1 is 1.33 bits per heavy atom. The minimum Gasteiger partial charge on any atom is -0.139 e. The molecule has 0 radical (unpaired) electrons. The lowest BCUT2D eigenvalue weighted by atomic mass is 10.7. The van der Waals surface area contributed by atoms with Gasteiger partial charge in [-0.15, -0.1) is 16.8 Å². The van der Waals surface area contributed by atoms with Crippen LogP contribution in [0.3, 0.4) is 0 Å². The Balaban J connectivity index is 0.000000187. The Kier molecular flexibility index (Phi) is 5.81. The molecule has 0 amide bonds. The minimum absolute atomic E-state index is 1.58. The van der Waals surface area contributed by atoms with Crippen LogP contribution in [0.25, 0.3) is 0 Å². The highest BCUT2D eigenvalue weighted by atomic mass is 15.3. The van der Waals surface area contributed by atoms with Crippen molar-refractivity contribution in [1.29, 1.82) is 0 Å². The molecule has 1 heterocycles. The lowest BCUT2D eigenvalue weighted by Crippen LogP contribution is -1.78. The molecule has 9 heavy (non-hydrogen) atoms. The summed E-state index contributed by atoms with van der Waals surface area (Å²) in [5.74, 6) is 0. The van der Waals surface area contributed by atoms with Gasteiger partial charge in [0.25, 0.3) is 0 Å². The van der Waals surface area contributed by atoms with Gasteiger partial charge in [-0.25, -0.2) is 0 Å². The van der Waals surface area contributed by atoms with E-state index in [-0.39, 0.29) is 0 Å². The van der Waals surface area contributed by atoms with Gasteiger partial charge < -0.3 is 0 Å². The van der Waals surface area contributed by atoms with E-state index < -0.39 is 0 Å². The summed E-state index contributed by atoms with van der Waals surface area (Å²) in [4.78, 5) is 0. The molecule has 1 aromatic rings. The lowest BCUT2D eigenvalue weighted by Gasteiger charge is -1.68. The van der Waals surface area contributed by atoms with Crippen LogP contribution in [0.4, 0.5) is 0 Å². The fraction of sp³-hybridized carbons (Fsp3) is 0.167. The molecule has 0 N–H and O–H groups in total. The summed E-state index contributed by atoms with van der Waals surface area (Å²) in [6.07, 6.45) is 4.90. The van der Waals surface area contributed by atoms with Gasteiger partial charge >= 0.3 is 0 Å². The molecule has 0 spiro atoms. The molecule has 0 fully saturated rings. The molecule has 0 aliphatic heterocycles. The van der Waals surface area contributed by atoms with E-state index in [1.54, 1.807) is 24.5 Å². The van der Waals surface area contributed by atoms with E-state index in [9.17, 15) is 0 Å². The van der Waals surface area contributed by atoms with Crippen molar-refractivity contribution >= 4 is 0 Å². The zero-order valence-electron chi connectivity index (χ0n) is 5.36. The summed E-state index contributed by atoms with van der Waals surface area (Å²) in [5.41, 5.74) is 0. The molecular weight excluding hydrogens is 114 g/mol. The molecule has 1 aromatic heterocycles. The van der Waals surface area contributed by atoms with E-state index in [4.69, 9.17) is 0 Å². The molecule has 0 atom stereocenters. The molecule has 48 valence electrons. The highest BCUT2D eigenvalue weighted by Crippen LogP contribution is 1.61. The van der Waals surface area contributed by atoms with Crippen LogP contribution in [0.5, 0.6) is 0 Å². The fourth-order valence-corrected chi connectivity index (χ4v) is 0.205. The van der Waals surface area contributed by atoms with Gasteiger partial charge in [0.2, 0.25) is 0 Å². The Morgan fingerprint density at radius 2 is 1.78 bits per heavy atom. The van der Waals surface area contributed by atoms with Gasteiger partial charge in [0.15, 0.2) is 0 Å². The van der Waals surface area contributed by atoms with Crippen molar-refractivity contribution in [3.05, 3.63) is 31.1 Å². The summed E-state index contributed by atoms with van der Waals surface area (Å²) >= 11 is 0. The molecule has 1 rings (SSSR count). The summed E-state index contributed by atoms with van der Waals surface area (Å²) < 4.78 is 0. The van der Waals surface area contributed by atoms with Crippen molar-refractivity contribution in [2.24, 2.45) is 0 Å². The molecule has 0 saturated carbocycles. The van der Waals surface area contributed by atoms with E-state index in [0.717, 1.165) is 0 Å². The third-order valence-electron chi connectivity index (χ3n) is 0.409. The standard InChI is InChI=1S/C3H3N3.C3H6/c1-2-4-6-5-3-1;1-3-2/h1-3H;3H,1H2,2H3. The van der Waals surface area contributed by atoms with Gasteiger partial charge in [-0.2, -0.15) is 0 Å². The van der Waals surface area contributed by atoms with E-state index in [1.807, 2.05) is 6.92 Å². The second-order valence-electron chi connectivity index (χ2n) is 1.22. The number of allylic oxidation sites excluding steroid dienone is 1. The molecule has 0 saturated heterocycles. The Bertz CT molecular complexity index is 112. The Morgan fingerprint density at radius 3 is 1.89 bits per heavy atom. The van der Waals surface area contributed by atoms with Gasteiger partial charge in [0, 0.05) is 0 Å². The molecular formula is C6H9N3. The maximum atomic E-state index is 3.42. The molecule has 0 bridgehead atoms. The zero-order valence-corrected chi connectivity index (χ0v) is 5.36. The normalized spacial score (nSPS) is 6.78. The molecule has 3 nitrogen and oxygen atoms in total. The van der Waals surface area contributed by atoms with Crippen LogP contribution in [-0.4, -0.2) is 15.4 Å². The summed E-state index contributed by atoms with van der Waals surface area (Å²) in [7, 11) is 0. The second-order valence-corrected chi connectivity index (χ2v) is 1.22. The van der Waals surface area contributed by atoms with Crippen LogP contribution in [0.1, 0.15) is 6.92 Å². The second kappa shape index (κ2) is 6.75. The predicted octanol–water partition coefficient (Wildman–Crippen LogP) is 1.06. The van der Waals surface area contributed by atoms with Gasteiger partial charge in [-0.05, 0) is 18.2 Å². The zero-order chi connectivity index (χ0) is 6.95. The summed E-state index contributed by atoms with van der Waals surface area (Å²) in [5, 5.41) is 10.1. The summed E-state index contributed by atoms with van der Waals surface area (Å²) in [6.45, 7) is 5.25. The topological polar surface area (TPSA) is 38.7 Å². The molecule has 0 aliphatic rings. The van der Waals surface area contributed by atoms with Crippen molar-refractivity contribution in [2.75, 3.05) is 0 Å². The first-order valence-corrected chi connectivity index (χ1v) is 2.57. The van der Waals surface area contributed by atoms with Crippen LogP contribution in [-0.2, 0) is 0 Å². The molecule has 0 aromatic carbocycles. The van der Waals surface area contributed by atoms with Crippen molar-refractivity contribution in [2.45, 2.75) is 6.92 Å². The van der Waals surface area contributed by atoms with Crippen molar-refractivity contribution < 1.29 is 0 Å². The van der Waals surface area contributed by atoms with Gasteiger partial charge in [-0.3, -0.25) is 0 Å². The smallest absolute Gasteiger partial charge is 0.0529 e. The first kappa shape index (κ1) is 7.75. The van der Waals surface area contributed by atoms with Gasteiger partial charge in [-0.1, -0.05) is 6.08 Å². The number of hydrogen-bond donors (Lipinski definition) is 0. The number of aromatic nitrogens is 3. The van der Waals surface area contributed by atoms with Crippen LogP contribution in [0.2, 0.25) is 0 Å². The average Bonchev–Trinajstić information content (AvgIpc) is 1.93. The first-order chi connectivity index (χ1) is 4.41. The van der Waals surface area contributed by atoms with Crippen LogP contribution < -0.4 is 0 Å². The van der Waals surface area contributed by atoms with E-state index >= 15 is 0 Å². The van der Waals surface area contributed by atoms with Crippen LogP contribution in [0.15, 0.2) is 31.1 Å². The number of rotatable bonds is 0. The first-order valence-electron chi connectivity index (χ1n) is 2.57. The van der Waals surface area contributed by atoms with E-state index in [1.165, 1.54) is 0 Å². The quantitative estimate of drug-likeness (QED) is 0.484. The van der Waals surface area contributed by atoms with Crippen molar-refractivity contribution in [1.82, 2.24) is 15.4 Å². The highest BCUT2D eigenvalue weighted by Gasteiger charge is 1.60. The fourth-order valence-electron chi connectivity index (χ4n) is 0.205. The molecule has 0 unspecified atom stereocenters. The minimum atomic E-state index is 1.58. The summed E-state index contributed by atoms with van der Waals surface area (Å²) in [6, 6.07) is 1.72. The largest absolute Gasteiger partial charge is 0.139 e. The maximum Gasteiger partial charge on any atom is 0.0529 e. The number of hydrogen-bond acceptors (Lipinski definition) is 3. The van der Waals surface area contributed by atoms with Crippen LogP contribution >= 0.6 is 0 Å². The third kappa shape index (κ3) is 6.75. The van der Waals surface area contributed by atoms with E-state index in [0.29, 0.717) is 0 Å². The predicted molar refractivity (Wildman–Crippen MR) is 35.7 cm³/mol. The Hall–Kier alpha value is -1.25. The molecule has 0 aliphatic carbocycles. The van der Waals surface area contributed by atoms with E-state index in [2.05, 4.69) is 22.0 Å². The molecule has 3 heteroatoms. The number of nitrogens with zero attached hydrogens (tertiary/aromatic N) is 3. The third-order valence-corrected chi connectivity index (χ3v) is 0.409. The van der Waals surface area contributed by atoms with Gasteiger partial charge in [0.1, 0.15) is 0 Å². The maximum absolute atomic E-state index is 3.42. The lowest BCUT2D eigenvalue weighted by molar-refractivity contribution is 0.865. The highest BCUT2D eigenvalue weighted by molar-refractivity contribution is 4.69. The Labute approximate surface area is 54.4 Å². The monoisotopic (exact) mass is 123 g/mol. The van der Waals surface area contributed by atoms with Crippen LogP contribution in [0, 0.1) is 0 Å². The average molecular weight is 123 g/mol.